The Labute approximate surface area is 152 Å². The number of phosphoric acid groups is 1. The van der Waals surface area contributed by atoms with E-state index in [1.54, 1.807) is 0 Å². The first-order valence-electron chi connectivity index (χ1n) is 6.11. The van der Waals surface area contributed by atoms with Crippen molar-refractivity contribution in [3.05, 3.63) is 0 Å². The van der Waals surface area contributed by atoms with Crippen LogP contribution in [0.15, 0.2) is 0 Å². The first kappa shape index (κ1) is 22.0. The van der Waals surface area contributed by atoms with Crippen molar-refractivity contribution in [2.45, 2.75) is 51.7 Å². The summed E-state index contributed by atoms with van der Waals surface area (Å²) in [7, 11) is -4.23. The van der Waals surface area contributed by atoms with Crippen LogP contribution >= 0.6 is 7.82 Å². The summed E-state index contributed by atoms with van der Waals surface area (Å²) in [4.78, 5) is 11.3. The maximum atomic E-state index is 11.3. The van der Waals surface area contributed by atoms with Crippen LogP contribution in [0.5, 0.6) is 0 Å². The normalized spacial score (nSPS) is 15.8. The van der Waals surface area contributed by atoms with Crippen LogP contribution in [0.3, 0.4) is 0 Å². The number of unbranched alkanes of at least 4 members (excludes halogenated alkanes) is 3. The fourth-order valence-electron chi connectivity index (χ4n) is 1.24. The largest absolute Gasteiger partial charge is 1.00 e. The Morgan fingerprint density at radius 1 is 1.28 bits per heavy atom. The summed E-state index contributed by atoms with van der Waals surface area (Å²) in [6.45, 7) is 2.73. The molecule has 0 saturated carbocycles. The molecular weight excluding hydrogens is 282 g/mol. The predicted octanol–water partition coefficient (Wildman–Crippen LogP) is -1.90. The van der Waals surface area contributed by atoms with Gasteiger partial charge in [0, 0.05) is 0 Å². The molecule has 0 rings (SSSR count). The molecule has 2 atom stereocenters. The van der Waals surface area contributed by atoms with Gasteiger partial charge >= 0.3 is 51.4 Å². The molecule has 4 N–H and O–H groups in total. The average Bonchev–Trinajstić information content (AvgIpc) is 2.24. The van der Waals surface area contributed by atoms with Gasteiger partial charge in [-0.1, -0.05) is 19.8 Å². The zero-order valence-corrected chi connectivity index (χ0v) is 15.5. The topological polar surface area (TPSA) is 111 Å². The first-order chi connectivity index (χ1) is 8.02. The summed E-state index contributed by atoms with van der Waals surface area (Å²) in [5.74, 6) is 0. The smallest absolute Gasteiger partial charge is 0.756 e. The summed E-state index contributed by atoms with van der Waals surface area (Å²) in [5, 5.41) is 0. The van der Waals surface area contributed by atoms with Crippen LogP contribution in [0, 0.1) is 0 Å². The third kappa shape index (κ3) is 14.1. The Balaban J connectivity index is 0. The molecular formula is C10H24KN2O4P. The third-order valence-corrected chi connectivity index (χ3v) is 3.23. The second-order valence-electron chi connectivity index (χ2n) is 3.92. The molecule has 0 aromatic heterocycles. The summed E-state index contributed by atoms with van der Waals surface area (Å²) in [6.07, 6.45) is 3.85. The SMILES string of the molecule is CCCCOP(=O)([O-])OC(N)CCCCCN.[K+]. The van der Waals surface area contributed by atoms with E-state index in [-0.39, 0.29) is 58.0 Å². The van der Waals surface area contributed by atoms with Crippen molar-refractivity contribution in [2.24, 2.45) is 11.5 Å². The van der Waals surface area contributed by atoms with E-state index in [1.807, 2.05) is 6.92 Å². The number of nitrogens with two attached hydrogens (primary N) is 2. The maximum Gasteiger partial charge on any atom is 1.00 e. The molecule has 8 heteroatoms. The van der Waals surface area contributed by atoms with Crippen LogP contribution in [0.4, 0.5) is 0 Å². The zero-order valence-electron chi connectivity index (χ0n) is 11.5. The third-order valence-electron chi connectivity index (χ3n) is 2.20. The molecule has 0 aromatic carbocycles. The van der Waals surface area contributed by atoms with E-state index in [1.165, 1.54) is 0 Å². The number of rotatable bonds is 11. The van der Waals surface area contributed by atoms with Gasteiger partial charge < -0.3 is 20.9 Å². The summed E-state index contributed by atoms with van der Waals surface area (Å²) < 4.78 is 20.6. The van der Waals surface area contributed by atoms with E-state index in [0.717, 1.165) is 25.7 Å². The van der Waals surface area contributed by atoms with Gasteiger partial charge in [0.05, 0.1) is 6.61 Å². The fraction of sp³-hybridized carbons (Fsp3) is 1.00. The molecule has 0 radical (unpaired) electrons. The molecule has 6 nitrogen and oxygen atoms in total. The quantitative estimate of drug-likeness (QED) is 0.200. The van der Waals surface area contributed by atoms with E-state index < -0.39 is 14.1 Å². The maximum absolute atomic E-state index is 11.3. The van der Waals surface area contributed by atoms with Crippen LogP contribution < -0.4 is 67.7 Å². The van der Waals surface area contributed by atoms with Gasteiger partial charge in [-0.15, -0.1) is 0 Å². The van der Waals surface area contributed by atoms with Crippen molar-refractivity contribution in [1.82, 2.24) is 0 Å². The molecule has 0 aliphatic rings. The van der Waals surface area contributed by atoms with E-state index in [4.69, 9.17) is 11.5 Å². The van der Waals surface area contributed by atoms with Crippen molar-refractivity contribution in [2.75, 3.05) is 13.2 Å². The molecule has 18 heavy (non-hydrogen) atoms. The molecule has 0 fully saturated rings. The molecule has 0 bridgehead atoms. The average molecular weight is 306 g/mol. The molecule has 2 unspecified atom stereocenters. The molecule has 0 spiro atoms. The first-order valence-corrected chi connectivity index (χ1v) is 7.57. The minimum absolute atomic E-state index is 0. The second-order valence-corrected chi connectivity index (χ2v) is 5.28. The van der Waals surface area contributed by atoms with Crippen molar-refractivity contribution >= 4 is 7.82 Å². The molecule has 0 aliphatic carbocycles. The van der Waals surface area contributed by atoms with Crippen molar-refractivity contribution in [3.8, 4) is 0 Å². The number of hydrogen-bond donors (Lipinski definition) is 2. The van der Waals surface area contributed by atoms with Gasteiger partial charge in [-0.2, -0.15) is 0 Å². The molecule has 104 valence electrons. The van der Waals surface area contributed by atoms with Crippen molar-refractivity contribution < 1.29 is 69.9 Å². The minimum atomic E-state index is -4.23. The van der Waals surface area contributed by atoms with Crippen LogP contribution in [-0.4, -0.2) is 19.4 Å². The molecule has 0 heterocycles. The Bertz CT molecular complexity index is 234. The van der Waals surface area contributed by atoms with E-state index in [2.05, 4.69) is 9.05 Å². The monoisotopic (exact) mass is 306 g/mol. The number of phosphoric ester groups is 1. The van der Waals surface area contributed by atoms with Crippen LogP contribution in [0.25, 0.3) is 0 Å². The predicted molar refractivity (Wildman–Crippen MR) is 65.0 cm³/mol. The van der Waals surface area contributed by atoms with E-state index in [9.17, 15) is 9.46 Å². The second kappa shape index (κ2) is 13.6. The van der Waals surface area contributed by atoms with Crippen LogP contribution in [0.2, 0.25) is 0 Å². The van der Waals surface area contributed by atoms with Gasteiger partial charge in [0.25, 0.3) is 7.82 Å². The van der Waals surface area contributed by atoms with Crippen molar-refractivity contribution in [3.63, 3.8) is 0 Å². The van der Waals surface area contributed by atoms with Gasteiger partial charge in [0.1, 0.15) is 6.23 Å². The van der Waals surface area contributed by atoms with Crippen LogP contribution in [0.1, 0.15) is 45.4 Å². The standard InChI is InChI=1S/C10H25N2O4P.K/c1-2-3-9-15-17(13,14)16-10(12)7-5-4-6-8-11;/h10H,2-9,11-12H2,1H3,(H,13,14);/q;+1/p-1. The van der Waals surface area contributed by atoms with E-state index >= 15 is 0 Å². The van der Waals surface area contributed by atoms with Crippen LogP contribution in [-0.2, 0) is 13.6 Å². The summed E-state index contributed by atoms with van der Waals surface area (Å²) >= 11 is 0. The number of hydrogen-bond acceptors (Lipinski definition) is 6. The molecule has 0 aromatic rings. The van der Waals surface area contributed by atoms with Gasteiger partial charge in [-0.3, -0.25) is 9.09 Å². The van der Waals surface area contributed by atoms with Gasteiger partial charge in [0.15, 0.2) is 0 Å². The van der Waals surface area contributed by atoms with Crippen molar-refractivity contribution in [1.29, 1.82) is 0 Å². The summed E-state index contributed by atoms with van der Waals surface area (Å²) in [5.41, 5.74) is 10.9. The fourth-order valence-corrected chi connectivity index (χ4v) is 2.09. The Kier molecular flexibility index (Phi) is 16.6. The summed E-state index contributed by atoms with van der Waals surface area (Å²) in [6, 6.07) is 0. The molecule has 0 aliphatic heterocycles. The van der Waals surface area contributed by atoms with Gasteiger partial charge in [-0.05, 0) is 32.2 Å². The van der Waals surface area contributed by atoms with E-state index in [0.29, 0.717) is 19.4 Å². The Hall–Kier alpha value is 1.67. The van der Waals surface area contributed by atoms with Gasteiger partial charge in [-0.25, -0.2) is 0 Å². The zero-order chi connectivity index (χ0) is 13.1. The Morgan fingerprint density at radius 3 is 2.50 bits per heavy atom. The van der Waals surface area contributed by atoms with Gasteiger partial charge in [0.2, 0.25) is 0 Å². The minimum Gasteiger partial charge on any atom is -0.756 e. The molecule has 0 saturated heterocycles. The molecule has 0 amide bonds. The Morgan fingerprint density at radius 2 is 1.94 bits per heavy atom.